The van der Waals surface area contributed by atoms with Gasteiger partial charge in [0.15, 0.2) is 0 Å². The van der Waals surface area contributed by atoms with Crippen LogP contribution in [-0.4, -0.2) is 26.5 Å². The number of alkyl halides is 3. The maximum atomic E-state index is 13.2. The molecule has 1 heterocycles. The van der Waals surface area contributed by atoms with Crippen molar-refractivity contribution in [1.82, 2.24) is 15.4 Å². The molecule has 24 heavy (non-hydrogen) atoms. The van der Waals surface area contributed by atoms with Gasteiger partial charge in [0.05, 0.1) is 5.56 Å². The van der Waals surface area contributed by atoms with Gasteiger partial charge in [0.25, 0.3) is 5.88 Å². The van der Waals surface area contributed by atoms with E-state index in [4.69, 9.17) is 9.84 Å². The van der Waals surface area contributed by atoms with Gasteiger partial charge < -0.3 is 9.84 Å². The average Bonchev–Trinajstić information content (AvgIpc) is 3.22. The molecule has 1 aliphatic carbocycles. The maximum absolute atomic E-state index is 13.2. The van der Waals surface area contributed by atoms with Gasteiger partial charge in [0.2, 0.25) is 5.69 Å². The zero-order chi connectivity index (χ0) is 17.3. The molecule has 1 fully saturated rings. The normalized spacial score (nSPS) is 14.0. The minimum absolute atomic E-state index is 0.150. The molecule has 0 amide bonds. The van der Waals surface area contributed by atoms with E-state index in [0.29, 0.717) is 0 Å². The molecule has 0 radical (unpaired) electrons. The highest BCUT2D eigenvalue weighted by atomic mass is 19.4. The van der Waals surface area contributed by atoms with Gasteiger partial charge in [-0.1, -0.05) is 17.1 Å². The van der Waals surface area contributed by atoms with Gasteiger partial charge in [-0.05, 0) is 31.0 Å². The van der Waals surface area contributed by atoms with Crippen LogP contribution in [0.2, 0.25) is 0 Å². The Morgan fingerprint density at radius 1 is 1.38 bits per heavy atom. The van der Waals surface area contributed by atoms with E-state index in [-0.39, 0.29) is 23.1 Å². The number of halogens is 3. The summed E-state index contributed by atoms with van der Waals surface area (Å²) in [5.74, 6) is 3.52. The Morgan fingerprint density at radius 3 is 2.75 bits per heavy atom. The van der Waals surface area contributed by atoms with E-state index in [0.717, 1.165) is 18.9 Å². The number of carbonyl (C=O) groups is 1. The molecule has 0 saturated heterocycles. The number of hydrogen-bond donors (Lipinski definition) is 2. The SMILES string of the molecule is O=C(O)c1nn[nH]c1Oc1ccc(C#CC2CC2)c(C(F)(F)F)c1. The largest absolute Gasteiger partial charge is 0.476 e. The van der Waals surface area contributed by atoms with Crippen LogP contribution < -0.4 is 4.74 Å². The zero-order valence-electron chi connectivity index (χ0n) is 12.0. The average molecular weight is 337 g/mol. The van der Waals surface area contributed by atoms with Gasteiger partial charge in [-0.2, -0.15) is 13.2 Å². The van der Waals surface area contributed by atoms with Gasteiger partial charge in [0, 0.05) is 11.5 Å². The van der Waals surface area contributed by atoms with Crippen LogP contribution in [-0.2, 0) is 6.18 Å². The van der Waals surface area contributed by atoms with Gasteiger partial charge in [-0.25, -0.2) is 9.89 Å². The zero-order valence-corrected chi connectivity index (χ0v) is 12.0. The molecule has 1 aromatic heterocycles. The number of benzene rings is 1. The van der Waals surface area contributed by atoms with Crippen LogP contribution in [0.15, 0.2) is 18.2 Å². The Labute approximate surface area is 133 Å². The number of ether oxygens (including phenoxy) is 1. The molecule has 2 aromatic rings. The highest BCUT2D eigenvalue weighted by Crippen LogP contribution is 2.36. The molecule has 1 saturated carbocycles. The van der Waals surface area contributed by atoms with Gasteiger partial charge in [-0.3, -0.25) is 0 Å². The van der Waals surface area contributed by atoms with Crippen molar-refractivity contribution >= 4 is 5.97 Å². The van der Waals surface area contributed by atoms with Crippen molar-refractivity contribution in [3.8, 4) is 23.5 Å². The lowest BCUT2D eigenvalue weighted by Gasteiger charge is -2.11. The number of aromatic nitrogens is 3. The molecule has 1 aliphatic rings. The van der Waals surface area contributed by atoms with Crippen molar-refractivity contribution in [2.75, 3.05) is 0 Å². The summed E-state index contributed by atoms with van der Waals surface area (Å²) in [4.78, 5) is 10.9. The number of hydrogen-bond acceptors (Lipinski definition) is 4. The lowest BCUT2D eigenvalue weighted by atomic mass is 10.1. The van der Waals surface area contributed by atoms with Gasteiger partial charge >= 0.3 is 12.1 Å². The topological polar surface area (TPSA) is 88.1 Å². The van der Waals surface area contributed by atoms with Crippen LogP contribution in [0.1, 0.15) is 34.5 Å². The third kappa shape index (κ3) is 3.48. The number of aromatic carboxylic acids is 1. The molecule has 0 unspecified atom stereocenters. The fourth-order valence-corrected chi connectivity index (χ4v) is 1.89. The summed E-state index contributed by atoms with van der Waals surface area (Å²) in [7, 11) is 0. The van der Waals surface area contributed by atoms with Crippen LogP contribution in [0.25, 0.3) is 0 Å². The summed E-state index contributed by atoms with van der Waals surface area (Å²) in [6.07, 6.45) is -2.81. The van der Waals surface area contributed by atoms with E-state index in [2.05, 4.69) is 27.3 Å². The number of rotatable bonds is 3. The predicted molar refractivity (Wildman–Crippen MR) is 74.5 cm³/mol. The monoisotopic (exact) mass is 337 g/mol. The van der Waals surface area contributed by atoms with E-state index in [1.807, 2.05) is 0 Å². The van der Waals surface area contributed by atoms with E-state index >= 15 is 0 Å². The third-order valence-electron chi connectivity index (χ3n) is 3.22. The first-order valence-corrected chi connectivity index (χ1v) is 6.89. The molecule has 2 N–H and O–H groups in total. The number of carboxylic acids is 1. The van der Waals surface area contributed by atoms with Crippen molar-refractivity contribution in [2.45, 2.75) is 19.0 Å². The van der Waals surface area contributed by atoms with E-state index in [1.165, 1.54) is 12.1 Å². The Morgan fingerprint density at radius 2 is 2.12 bits per heavy atom. The predicted octanol–water partition coefficient (Wildman–Crippen LogP) is 3.08. The Bertz CT molecular complexity index is 845. The minimum atomic E-state index is -4.62. The van der Waals surface area contributed by atoms with Crippen molar-refractivity contribution in [3.63, 3.8) is 0 Å². The van der Waals surface area contributed by atoms with Crippen molar-refractivity contribution in [3.05, 3.63) is 35.0 Å². The molecule has 0 aliphatic heterocycles. The first-order chi connectivity index (χ1) is 11.3. The van der Waals surface area contributed by atoms with Crippen LogP contribution in [0.4, 0.5) is 13.2 Å². The van der Waals surface area contributed by atoms with Gasteiger partial charge in [-0.15, -0.1) is 5.10 Å². The molecule has 0 spiro atoms. The lowest BCUT2D eigenvalue weighted by Crippen LogP contribution is -2.08. The molecule has 0 atom stereocenters. The standard InChI is InChI=1S/C15H10F3N3O3/c16-15(17,18)11-7-10(6-5-9(11)4-3-8-1-2-8)24-13-12(14(22)23)19-21-20-13/h5-8H,1-2H2,(H,22,23)(H,19,20,21). The quantitative estimate of drug-likeness (QED) is 0.841. The maximum Gasteiger partial charge on any atom is 0.417 e. The summed E-state index contributed by atoms with van der Waals surface area (Å²) in [6.45, 7) is 0. The second-order valence-corrected chi connectivity index (χ2v) is 5.15. The molecule has 6 nitrogen and oxygen atoms in total. The first kappa shape index (κ1) is 15.9. The fraction of sp³-hybridized carbons (Fsp3) is 0.267. The van der Waals surface area contributed by atoms with E-state index in [9.17, 15) is 18.0 Å². The first-order valence-electron chi connectivity index (χ1n) is 6.89. The summed E-state index contributed by atoms with van der Waals surface area (Å²) in [6, 6.07) is 3.24. The Kier molecular flexibility index (Phi) is 3.89. The van der Waals surface area contributed by atoms with Crippen LogP contribution in [0, 0.1) is 17.8 Å². The highest BCUT2D eigenvalue weighted by molar-refractivity contribution is 5.87. The fourth-order valence-electron chi connectivity index (χ4n) is 1.89. The van der Waals surface area contributed by atoms with Crippen molar-refractivity contribution in [2.24, 2.45) is 5.92 Å². The molecule has 124 valence electrons. The van der Waals surface area contributed by atoms with E-state index in [1.54, 1.807) is 0 Å². The van der Waals surface area contributed by atoms with Crippen LogP contribution >= 0.6 is 0 Å². The smallest absolute Gasteiger partial charge is 0.417 e. The van der Waals surface area contributed by atoms with Gasteiger partial charge in [0.1, 0.15) is 5.75 Å². The van der Waals surface area contributed by atoms with E-state index < -0.39 is 23.4 Å². The number of carboxylic acid groups (broad SMARTS) is 1. The molecular weight excluding hydrogens is 327 g/mol. The van der Waals surface area contributed by atoms with Crippen LogP contribution in [0.5, 0.6) is 11.6 Å². The Balaban J connectivity index is 1.93. The second-order valence-electron chi connectivity index (χ2n) is 5.15. The molecule has 1 aromatic carbocycles. The number of H-pyrrole nitrogens is 1. The lowest BCUT2D eigenvalue weighted by molar-refractivity contribution is -0.137. The number of nitrogens with one attached hydrogen (secondary N) is 1. The van der Waals surface area contributed by atoms with Crippen molar-refractivity contribution in [1.29, 1.82) is 0 Å². The molecule has 0 bridgehead atoms. The summed E-state index contributed by atoms with van der Waals surface area (Å²) in [5.41, 5.74) is -1.62. The molecule has 9 heteroatoms. The molecular formula is C15H10F3N3O3. The summed E-state index contributed by atoms with van der Waals surface area (Å²) < 4.78 is 44.7. The minimum Gasteiger partial charge on any atom is -0.476 e. The summed E-state index contributed by atoms with van der Waals surface area (Å²) in [5, 5.41) is 17.6. The third-order valence-corrected chi connectivity index (χ3v) is 3.22. The van der Waals surface area contributed by atoms with Crippen LogP contribution in [0.3, 0.4) is 0 Å². The number of aromatic amines is 1. The Hall–Kier alpha value is -3.02. The molecule has 3 rings (SSSR count). The second kappa shape index (κ2) is 5.88. The van der Waals surface area contributed by atoms with Crippen molar-refractivity contribution < 1.29 is 27.8 Å². The highest BCUT2D eigenvalue weighted by Gasteiger charge is 2.34. The summed E-state index contributed by atoms with van der Waals surface area (Å²) >= 11 is 0. The number of nitrogens with zero attached hydrogens (tertiary/aromatic N) is 2.